The van der Waals surface area contributed by atoms with Crippen LogP contribution in [-0.2, 0) is 19.4 Å². The Bertz CT molecular complexity index is 869. The van der Waals surface area contributed by atoms with E-state index in [1.165, 1.54) is 12.8 Å². The average molecular weight is 332 g/mol. The molecule has 0 atom stereocenters. The molecule has 0 radical (unpaired) electrons. The van der Waals surface area contributed by atoms with Crippen molar-refractivity contribution in [3.63, 3.8) is 0 Å². The molecule has 1 aliphatic heterocycles. The lowest BCUT2D eigenvalue weighted by Crippen LogP contribution is -2.34. The largest absolute Gasteiger partial charge is 0.476 e. The predicted octanol–water partition coefficient (Wildman–Crippen LogP) is 3.64. The number of hydrogen-bond donors (Lipinski definition) is 0. The molecule has 1 aromatic carbocycles. The van der Waals surface area contributed by atoms with E-state index in [9.17, 15) is 4.79 Å². The number of hydrogen-bond acceptors (Lipinski definition) is 4. The minimum absolute atomic E-state index is 0.180. The Hall–Kier alpha value is -1.52. The first-order valence-corrected chi connectivity index (χ1v) is 8.77. The van der Waals surface area contributed by atoms with E-state index in [1.54, 1.807) is 0 Å². The number of aryl methyl sites for hydroxylation is 1. The molecular formula is C18H18ClNO3. The Labute approximate surface area is 139 Å². The first-order chi connectivity index (χ1) is 11.2. The highest BCUT2D eigenvalue weighted by molar-refractivity contribution is 6.33. The Morgan fingerprint density at radius 1 is 1.13 bits per heavy atom. The zero-order valence-electron chi connectivity index (χ0n) is 12.9. The molecule has 5 heteroatoms. The molecule has 0 N–H and O–H groups in total. The third-order valence-electron chi connectivity index (χ3n) is 5.31. The summed E-state index contributed by atoms with van der Waals surface area (Å²) in [6.07, 6.45) is 6.35. The normalized spacial score (nSPS) is 20.9. The van der Waals surface area contributed by atoms with Crippen LogP contribution in [0, 0.1) is 0 Å². The van der Waals surface area contributed by atoms with Gasteiger partial charge in [-0.15, -0.1) is 0 Å². The van der Waals surface area contributed by atoms with Crippen molar-refractivity contribution in [2.75, 3.05) is 6.73 Å². The molecule has 4 nitrogen and oxygen atoms in total. The van der Waals surface area contributed by atoms with Gasteiger partial charge in [-0.05, 0) is 50.2 Å². The van der Waals surface area contributed by atoms with E-state index in [0.717, 1.165) is 54.3 Å². The van der Waals surface area contributed by atoms with E-state index in [-0.39, 0.29) is 5.63 Å². The highest BCUT2D eigenvalue weighted by atomic mass is 35.5. The van der Waals surface area contributed by atoms with Gasteiger partial charge in [0.2, 0.25) is 0 Å². The molecule has 0 bridgehead atoms. The fourth-order valence-corrected chi connectivity index (χ4v) is 4.24. The minimum atomic E-state index is -0.180. The van der Waals surface area contributed by atoms with Crippen LogP contribution < -0.4 is 10.4 Å². The lowest BCUT2D eigenvalue weighted by atomic mass is 9.90. The summed E-state index contributed by atoms with van der Waals surface area (Å²) in [5.41, 5.74) is 3.42. The van der Waals surface area contributed by atoms with Gasteiger partial charge in [-0.3, -0.25) is 4.90 Å². The molecule has 5 rings (SSSR count). The molecule has 2 aromatic rings. The summed E-state index contributed by atoms with van der Waals surface area (Å²) in [5, 5.41) is 1.63. The summed E-state index contributed by atoms with van der Waals surface area (Å²) in [5.74, 6) is 0.690. The van der Waals surface area contributed by atoms with Crippen LogP contribution in [0.25, 0.3) is 11.0 Å². The van der Waals surface area contributed by atoms with E-state index in [4.69, 9.17) is 20.8 Å². The molecule has 2 heterocycles. The lowest BCUT2D eigenvalue weighted by molar-refractivity contribution is 0.0886. The summed E-state index contributed by atoms with van der Waals surface area (Å²) < 4.78 is 11.6. The van der Waals surface area contributed by atoms with Gasteiger partial charge in [-0.1, -0.05) is 11.6 Å². The topological polar surface area (TPSA) is 42.7 Å². The molecule has 1 aromatic heterocycles. The van der Waals surface area contributed by atoms with Crippen molar-refractivity contribution < 1.29 is 9.15 Å². The van der Waals surface area contributed by atoms with Crippen LogP contribution in [0.2, 0.25) is 5.02 Å². The molecule has 0 amide bonds. The van der Waals surface area contributed by atoms with E-state index < -0.39 is 0 Å². The van der Waals surface area contributed by atoms with Crippen molar-refractivity contribution in [2.45, 2.75) is 51.1 Å². The van der Waals surface area contributed by atoms with Crippen LogP contribution in [0.1, 0.15) is 42.4 Å². The second kappa shape index (κ2) is 4.99. The van der Waals surface area contributed by atoms with Gasteiger partial charge in [0.05, 0.1) is 10.6 Å². The van der Waals surface area contributed by atoms with Crippen molar-refractivity contribution in [1.29, 1.82) is 0 Å². The summed E-state index contributed by atoms with van der Waals surface area (Å²) in [6.45, 7) is 1.32. The van der Waals surface area contributed by atoms with Crippen LogP contribution in [0.3, 0.4) is 0 Å². The van der Waals surface area contributed by atoms with Crippen LogP contribution in [-0.4, -0.2) is 17.7 Å². The highest BCUT2D eigenvalue weighted by Crippen LogP contribution is 2.42. The van der Waals surface area contributed by atoms with Crippen molar-refractivity contribution in [2.24, 2.45) is 0 Å². The number of ether oxygens (including phenoxy) is 1. The maximum atomic E-state index is 12.4. The van der Waals surface area contributed by atoms with Gasteiger partial charge < -0.3 is 9.15 Å². The second-order valence-electron chi connectivity index (χ2n) is 6.85. The van der Waals surface area contributed by atoms with Crippen LogP contribution in [0.5, 0.6) is 5.75 Å². The Morgan fingerprint density at radius 2 is 1.91 bits per heavy atom. The average Bonchev–Trinajstić information content (AvgIpc) is 3.41. The molecule has 0 unspecified atom stereocenters. The van der Waals surface area contributed by atoms with E-state index in [2.05, 4.69) is 4.90 Å². The predicted molar refractivity (Wildman–Crippen MR) is 88.2 cm³/mol. The summed E-state index contributed by atoms with van der Waals surface area (Å²) in [7, 11) is 0. The summed E-state index contributed by atoms with van der Waals surface area (Å²) in [4.78, 5) is 14.7. The standard InChI is InChI=1S/C18H18ClNO3/c19-15-7-13-11-3-1-2-4-12(11)18(21)23-16(13)14-8-20(10-5-6-10)9-22-17(14)15/h7,10H,1-6,8-9H2. The van der Waals surface area contributed by atoms with Crippen LogP contribution in [0.15, 0.2) is 15.3 Å². The fourth-order valence-electron chi connectivity index (χ4n) is 3.96. The molecule has 23 heavy (non-hydrogen) atoms. The highest BCUT2D eigenvalue weighted by Gasteiger charge is 2.34. The summed E-state index contributed by atoms with van der Waals surface area (Å²) >= 11 is 6.48. The van der Waals surface area contributed by atoms with Crippen molar-refractivity contribution in [1.82, 2.24) is 4.90 Å². The molecule has 1 fully saturated rings. The van der Waals surface area contributed by atoms with E-state index in [0.29, 0.717) is 29.1 Å². The SMILES string of the molecule is O=c1oc2c3c(c(Cl)cc2c2c1CCCC2)OCN(C1CC1)C3. The third kappa shape index (κ3) is 2.12. The third-order valence-corrected chi connectivity index (χ3v) is 5.59. The summed E-state index contributed by atoms with van der Waals surface area (Å²) in [6, 6.07) is 2.52. The quantitative estimate of drug-likeness (QED) is 0.748. The minimum Gasteiger partial charge on any atom is -0.476 e. The first kappa shape index (κ1) is 13.9. The van der Waals surface area contributed by atoms with Gasteiger partial charge in [-0.2, -0.15) is 0 Å². The maximum Gasteiger partial charge on any atom is 0.339 e. The Balaban J connectivity index is 1.77. The molecule has 1 saturated carbocycles. The fraction of sp³-hybridized carbons (Fsp3) is 0.500. The van der Waals surface area contributed by atoms with Crippen molar-refractivity contribution >= 4 is 22.6 Å². The Kier molecular flexibility index (Phi) is 3.01. The van der Waals surface area contributed by atoms with E-state index in [1.807, 2.05) is 6.07 Å². The van der Waals surface area contributed by atoms with Crippen molar-refractivity contribution in [3.8, 4) is 5.75 Å². The number of fused-ring (bicyclic) bond motifs is 5. The molecule has 0 saturated heterocycles. The number of rotatable bonds is 1. The molecule has 3 aliphatic rings. The number of benzene rings is 1. The van der Waals surface area contributed by atoms with Gasteiger partial charge in [0.1, 0.15) is 18.1 Å². The zero-order chi connectivity index (χ0) is 15.6. The monoisotopic (exact) mass is 331 g/mol. The van der Waals surface area contributed by atoms with Crippen LogP contribution >= 0.6 is 11.6 Å². The zero-order valence-corrected chi connectivity index (χ0v) is 13.6. The smallest absolute Gasteiger partial charge is 0.339 e. The molecule has 120 valence electrons. The van der Waals surface area contributed by atoms with Gasteiger partial charge in [0.25, 0.3) is 0 Å². The van der Waals surface area contributed by atoms with Gasteiger partial charge in [0.15, 0.2) is 0 Å². The van der Waals surface area contributed by atoms with Gasteiger partial charge >= 0.3 is 5.63 Å². The van der Waals surface area contributed by atoms with Crippen molar-refractivity contribution in [3.05, 3.63) is 38.2 Å². The second-order valence-corrected chi connectivity index (χ2v) is 7.26. The number of nitrogens with zero attached hydrogens (tertiary/aromatic N) is 1. The molecule has 0 spiro atoms. The number of halogens is 1. The van der Waals surface area contributed by atoms with Crippen LogP contribution in [0.4, 0.5) is 0 Å². The van der Waals surface area contributed by atoms with Gasteiger partial charge in [-0.25, -0.2) is 4.79 Å². The van der Waals surface area contributed by atoms with Gasteiger partial charge in [0, 0.05) is 23.5 Å². The Morgan fingerprint density at radius 3 is 2.70 bits per heavy atom. The molecular weight excluding hydrogens is 314 g/mol. The van der Waals surface area contributed by atoms with E-state index >= 15 is 0 Å². The maximum absolute atomic E-state index is 12.4. The lowest BCUT2D eigenvalue weighted by Gasteiger charge is -2.30. The molecule has 2 aliphatic carbocycles. The first-order valence-electron chi connectivity index (χ1n) is 8.39.